The van der Waals surface area contributed by atoms with Gasteiger partial charge in [0.2, 0.25) is 0 Å². The van der Waals surface area contributed by atoms with Crippen molar-refractivity contribution >= 4 is 11.4 Å². The molecule has 0 unspecified atom stereocenters. The lowest BCUT2D eigenvalue weighted by atomic mass is 10.3. The number of aromatic nitrogens is 2. The SMILES string of the molecule is O=c1[nH]c(=O)n(CCOc2ccccc2)cc1Nc1ccccc1. The Morgan fingerprint density at radius 3 is 2.33 bits per heavy atom. The number of hydrogen-bond donors (Lipinski definition) is 2. The summed E-state index contributed by atoms with van der Waals surface area (Å²) in [5.41, 5.74) is 0.161. The van der Waals surface area contributed by atoms with Gasteiger partial charge in [-0.3, -0.25) is 14.3 Å². The van der Waals surface area contributed by atoms with Gasteiger partial charge in [0, 0.05) is 11.9 Å². The maximum Gasteiger partial charge on any atom is 0.328 e. The molecule has 0 amide bonds. The van der Waals surface area contributed by atoms with E-state index in [9.17, 15) is 9.59 Å². The Morgan fingerprint density at radius 2 is 1.62 bits per heavy atom. The monoisotopic (exact) mass is 323 g/mol. The number of nitrogens with one attached hydrogen (secondary N) is 2. The van der Waals surface area contributed by atoms with Crippen molar-refractivity contribution < 1.29 is 4.74 Å². The van der Waals surface area contributed by atoms with Crippen LogP contribution in [0.25, 0.3) is 0 Å². The van der Waals surface area contributed by atoms with Gasteiger partial charge in [0.05, 0.1) is 6.54 Å². The number of benzene rings is 2. The van der Waals surface area contributed by atoms with Crippen LogP contribution in [0.1, 0.15) is 0 Å². The lowest BCUT2D eigenvalue weighted by molar-refractivity contribution is 0.295. The molecule has 0 aliphatic heterocycles. The molecule has 3 aromatic rings. The predicted molar refractivity (Wildman–Crippen MR) is 93.0 cm³/mol. The van der Waals surface area contributed by atoms with Gasteiger partial charge >= 0.3 is 5.69 Å². The van der Waals surface area contributed by atoms with E-state index >= 15 is 0 Å². The van der Waals surface area contributed by atoms with E-state index < -0.39 is 11.2 Å². The zero-order valence-electron chi connectivity index (χ0n) is 12.9. The van der Waals surface area contributed by atoms with Crippen molar-refractivity contribution in [2.45, 2.75) is 6.54 Å². The van der Waals surface area contributed by atoms with Crippen molar-refractivity contribution in [3.05, 3.63) is 87.7 Å². The number of ether oxygens (including phenoxy) is 1. The fourth-order valence-corrected chi connectivity index (χ4v) is 2.22. The van der Waals surface area contributed by atoms with Crippen LogP contribution in [0.3, 0.4) is 0 Å². The van der Waals surface area contributed by atoms with Crippen LogP contribution in [0.2, 0.25) is 0 Å². The van der Waals surface area contributed by atoms with Crippen molar-refractivity contribution in [2.75, 3.05) is 11.9 Å². The molecular weight excluding hydrogens is 306 g/mol. The number of nitrogens with zero attached hydrogens (tertiary/aromatic N) is 1. The first kappa shape index (κ1) is 15.6. The highest BCUT2D eigenvalue weighted by Crippen LogP contribution is 2.11. The molecule has 0 atom stereocenters. The van der Waals surface area contributed by atoms with Crippen LogP contribution in [-0.4, -0.2) is 16.2 Å². The second-order valence-electron chi connectivity index (χ2n) is 5.15. The Morgan fingerprint density at radius 1 is 0.958 bits per heavy atom. The summed E-state index contributed by atoms with van der Waals surface area (Å²) in [6, 6.07) is 18.6. The number of H-pyrrole nitrogens is 1. The van der Waals surface area contributed by atoms with Gasteiger partial charge in [0.1, 0.15) is 18.0 Å². The number of hydrogen-bond acceptors (Lipinski definition) is 4. The minimum absolute atomic E-state index is 0.306. The van der Waals surface area contributed by atoms with Crippen LogP contribution in [0, 0.1) is 0 Å². The Hall–Kier alpha value is -3.28. The molecule has 0 aliphatic rings. The van der Waals surface area contributed by atoms with Crippen LogP contribution in [0.15, 0.2) is 76.4 Å². The molecule has 2 N–H and O–H groups in total. The molecular formula is C18H17N3O3. The molecule has 0 fully saturated rings. The zero-order chi connectivity index (χ0) is 16.8. The van der Waals surface area contributed by atoms with E-state index in [0.717, 1.165) is 11.4 Å². The zero-order valence-corrected chi connectivity index (χ0v) is 12.9. The van der Waals surface area contributed by atoms with Crippen molar-refractivity contribution in [2.24, 2.45) is 0 Å². The first-order chi connectivity index (χ1) is 11.7. The average Bonchev–Trinajstić information content (AvgIpc) is 2.60. The lowest BCUT2D eigenvalue weighted by Gasteiger charge is -2.10. The minimum atomic E-state index is -0.463. The van der Waals surface area contributed by atoms with Crippen LogP contribution < -0.4 is 21.3 Å². The second-order valence-corrected chi connectivity index (χ2v) is 5.15. The molecule has 2 aromatic carbocycles. The van der Waals surface area contributed by atoms with Gasteiger partial charge in [-0.15, -0.1) is 0 Å². The van der Waals surface area contributed by atoms with Gasteiger partial charge in [-0.2, -0.15) is 0 Å². The quantitative estimate of drug-likeness (QED) is 0.730. The number of aromatic amines is 1. The molecule has 3 rings (SSSR count). The molecule has 0 saturated heterocycles. The maximum atomic E-state index is 11.9. The molecule has 24 heavy (non-hydrogen) atoms. The topological polar surface area (TPSA) is 76.1 Å². The molecule has 122 valence electrons. The maximum absolute atomic E-state index is 11.9. The molecule has 1 aromatic heterocycles. The van der Waals surface area contributed by atoms with E-state index in [-0.39, 0.29) is 0 Å². The van der Waals surface area contributed by atoms with E-state index in [0.29, 0.717) is 18.8 Å². The van der Waals surface area contributed by atoms with Crippen LogP contribution in [0.4, 0.5) is 11.4 Å². The fraction of sp³-hybridized carbons (Fsp3) is 0.111. The molecule has 6 heteroatoms. The first-order valence-corrected chi connectivity index (χ1v) is 7.56. The van der Waals surface area contributed by atoms with E-state index in [1.165, 1.54) is 10.8 Å². The summed E-state index contributed by atoms with van der Waals surface area (Å²) < 4.78 is 6.99. The smallest absolute Gasteiger partial charge is 0.328 e. The summed E-state index contributed by atoms with van der Waals surface area (Å²) in [7, 11) is 0. The Labute approximate surface area is 138 Å². The van der Waals surface area contributed by atoms with Crippen molar-refractivity contribution in [3.8, 4) is 5.75 Å². The van der Waals surface area contributed by atoms with Crippen molar-refractivity contribution in [3.63, 3.8) is 0 Å². The highest BCUT2D eigenvalue weighted by molar-refractivity contribution is 5.57. The van der Waals surface area contributed by atoms with E-state index in [1.54, 1.807) is 0 Å². The Bertz CT molecular complexity index is 902. The van der Waals surface area contributed by atoms with Crippen LogP contribution >= 0.6 is 0 Å². The van der Waals surface area contributed by atoms with Crippen molar-refractivity contribution in [1.29, 1.82) is 0 Å². The highest BCUT2D eigenvalue weighted by Gasteiger charge is 2.05. The van der Waals surface area contributed by atoms with Crippen LogP contribution in [-0.2, 0) is 6.54 Å². The molecule has 1 heterocycles. The summed E-state index contributed by atoms with van der Waals surface area (Å²) in [5, 5.41) is 3.00. The molecule has 0 spiro atoms. The Balaban J connectivity index is 1.72. The van der Waals surface area contributed by atoms with Gasteiger partial charge in [-0.05, 0) is 24.3 Å². The molecule has 0 bridgehead atoms. The van der Waals surface area contributed by atoms with Gasteiger partial charge in [-0.25, -0.2) is 4.79 Å². The molecule has 0 saturated carbocycles. The third-order valence-electron chi connectivity index (χ3n) is 3.41. The molecule has 6 nitrogen and oxygen atoms in total. The third-order valence-corrected chi connectivity index (χ3v) is 3.41. The number of rotatable bonds is 6. The van der Waals surface area contributed by atoms with Gasteiger partial charge in [0.25, 0.3) is 5.56 Å². The van der Waals surface area contributed by atoms with Gasteiger partial charge < -0.3 is 10.1 Å². The first-order valence-electron chi connectivity index (χ1n) is 7.56. The Kier molecular flexibility index (Phi) is 4.76. The summed E-state index contributed by atoms with van der Waals surface area (Å²) in [4.78, 5) is 26.2. The fourth-order valence-electron chi connectivity index (χ4n) is 2.22. The minimum Gasteiger partial charge on any atom is -0.492 e. The van der Waals surface area contributed by atoms with Crippen LogP contribution in [0.5, 0.6) is 5.75 Å². The summed E-state index contributed by atoms with van der Waals surface area (Å²) in [6.45, 7) is 0.648. The lowest BCUT2D eigenvalue weighted by Crippen LogP contribution is -2.32. The summed E-state index contributed by atoms with van der Waals surface area (Å²) >= 11 is 0. The number of para-hydroxylation sites is 2. The average molecular weight is 323 g/mol. The summed E-state index contributed by atoms with van der Waals surface area (Å²) in [5.74, 6) is 0.734. The largest absolute Gasteiger partial charge is 0.492 e. The van der Waals surface area contributed by atoms with Gasteiger partial charge in [-0.1, -0.05) is 36.4 Å². The predicted octanol–water partition coefficient (Wildman–Crippen LogP) is 2.36. The number of anilines is 2. The van der Waals surface area contributed by atoms with Crippen molar-refractivity contribution in [1.82, 2.24) is 9.55 Å². The van der Waals surface area contributed by atoms with E-state index in [4.69, 9.17) is 4.74 Å². The second kappa shape index (κ2) is 7.32. The standard InChI is InChI=1S/C18H17N3O3/c22-17-16(19-14-7-3-1-4-8-14)13-21(18(23)20-17)11-12-24-15-9-5-2-6-10-15/h1-10,13,19H,11-12H2,(H,20,22,23). The normalized spacial score (nSPS) is 10.3. The summed E-state index contributed by atoms with van der Waals surface area (Å²) in [6.07, 6.45) is 1.50. The van der Waals surface area contributed by atoms with Gasteiger partial charge in [0.15, 0.2) is 0 Å². The molecule has 0 radical (unpaired) electrons. The highest BCUT2D eigenvalue weighted by atomic mass is 16.5. The molecule has 0 aliphatic carbocycles. The van der Waals surface area contributed by atoms with E-state index in [2.05, 4.69) is 10.3 Å². The van der Waals surface area contributed by atoms with E-state index in [1.807, 2.05) is 60.7 Å². The third kappa shape index (κ3) is 3.92.